The molecule has 0 aliphatic carbocycles. The smallest absolute Gasteiger partial charge is 0.406 e. The molecule has 4 rings (SSSR count). The van der Waals surface area contributed by atoms with Crippen molar-refractivity contribution >= 4 is 26.4 Å². The Morgan fingerprint density at radius 1 is 0.943 bits per heavy atom. The molecule has 35 heavy (non-hydrogen) atoms. The SMILES string of the molecule is CCc1ccc(S(=O)(=O)c2cnc3ccc(OC(F)(F)F)cc3c2N(C)Cc2ccccc2)cc1. The average Bonchev–Trinajstić information content (AvgIpc) is 2.82. The number of anilines is 1. The van der Waals surface area contributed by atoms with E-state index in [1.165, 1.54) is 30.5 Å². The number of aryl methyl sites for hydroxylation is 1. The number of halogens is 3. The molecule has 0 unspecified atom stereocenters. The van der Waals surface area contributed by atoms with Crippen LogP contribution >= 0.6 is 0 Å². The van der Waals surface area contributed by atoms with E-state index in [4.69, 9.17) is 0 Å². The number of fused-ring (bicyclic) bond motifs is 1. The van der Waals surface area contributed by atoms with Crippen molar-refractivity contribution in [1.29, 1.82) is 0 Å². The third-order valence-corrected chi connectivity index (χ3v) is 7.36. The second-order valence-electron chi connectivity index (χ2n) is 8.04. The summed E-state index contributed by atoms with van der Waals surface area (Å²) in [7, 11) is -2.35. The van der Waals surface area contributed by atoms with Crippen LogP contribution in [0.5, 0.6) is 5.75 Å². The number of alkyl halides is 3. The van der Waals surface area contributed by atoms with Crippen molar-refractivity contribution in [3.8, 4) is 5.75 Å². The minimum atomic E-state index is -4.89. The monoisotopic (exact) mass is 500 g/mol. The summed E-state index contributed by atoms with van der Waals surface area (Å²) >= 11 is 0. The van der Waals surface area contributed by atoms with Crippen LogP contribution in [0.1, 0.15) is 18.1 Å². The molecular formula is C26H23F3N2O3S. The van der Waals surface area contributed by atoms with Crippen molar-refractivity contribution < 1.29 is 26.3 Å². The second-order valence-corrected chi connectivity index (χ2v) is 9.96. The molecule has 0 aliphatic rings. The Balaban J connectivity index is 1.92. The first-order chi connectivity index (χ1) is 16.6. The van der Waals surface area contributed by atoms with E-state index in [1.807, 2.05) is 37.3 Å². The number of benzene rings is 3. The van der Waals surface area contributed by atoms with Crippen LogP contribution < -0.4 is 9.64 Å². The van der Waals surface area contributed by atoms with E-state index >= 15 is 0 Å². The molecule has 0 atom stereocenters. The fourth-order valence-electron chi connectivity index (χ4n) is 3.89. The predicted octanol–water partition coefficient (Wildman–Crippen LogP) is 6.17. The van der Waals surface area contributed by atoms with Gasteiger partial charge < -0.3 is 9.64 Å². The van der Waals surface area contributed by atoms with Crippen molar-refractivity contribution in [2.24, 2.45) is 0 Å². The number of nitrogens with zero attached hydrogens (tertiary/aromatic N) is 2. The number of rotatable bonds is 7. The highest BCUT2D eigenvalue weighted by Gasteiger charge is 2.32. The number of hydrogen-bond donors (Lipinski definition) is 0. The number of sulfone groups is 1. The molecule has 0 bridgehead atoms. The zero-order chi connectivity index (χ0) is 25.2. The molecule has 1 aromatic heterocycles. The van der Waals surface area contributed by atoms with Crippen molar-refractivity contribution in [3.05, 3.63) is 90.1 Å². The Morgan fingerprint density at radius 3 is 2.26 bits per heavy atom. The summed E-state index contributed by atoms with van der Waals surface area (Å²) in [5, 5.41) is 0.233. The largest absolute Gasteiger partial charge is 0.573 e. The molecule has 0 spiro atoms. The first kappa shape index (κ1) is 24.5. The van der Waals surface area contributed by atoms with Crippen LogP contribution in [0.4, 0.5) is 18.9 Å². The van der Waals surface area contributed by atoms with Crippen molar-refractivity contribution in [1.82, 2.24) is 4.98 Å². The minimum absolute atomic E-state index is 0.0768. The Labute approximate surface area is 201 Å². The second kappa shape index (κ2) is 9.58. The van der Waals surface area contributed by atoms with Gasteiger partial charge >= 0.3 is 6.36 Å². The first-order valence-electron chi connectivity index (χ1n) is 10.9. The summed E-state index contributed by atoms with van der Waals surface area (Å²) in [5.74, 6) is -0.456. The lowest BCUT2D eigenvalue weighted by Crippen LogP contribution is -2.20. The summed E-state index contributed by atoms with van der Waals surface area (Å²) in [6, 6.07) is 19.6. The zero-order valence-electron chi connectivity index (χ0n) is 19.1. The van der Waals surface area contributed by atoms with Gasteiger partial charge in [-0.25, -0.2) is 8.42 Å². The summed E-state index contributed by atoms with van der Waals surface area (Å²) in [6.07, 6.45) is -2.88. The molecule has 0 saturated carbocycles. The average molecular weight is 501 g/mol. The van der Waals surface area contributed by atoms with Gasteiger partial charge in [0, 0.05) is 25.2 Å². The highest BCUT2D eigenvalue weighted by molar-refractivity contribution is 7.91. The van der Waals surface area contributed by atoms with Crippen LogP contribution in [0, 0.1) is 0 Å². The summed E-state index contributed by atoms with van der Waals surface area (Å²) < 4.78 is 70.2. The fraction of sp³-hybridized carbons (Fsp3) is 0.192. The van der Waals surface area contributed by atoms with Gasteiger partial charge in [0.1, 0.15) is 10.6 Å². The van der Waals surface area contributed by atoms with Gasteiger partial charge in [-0.05, 0) is 47.9 Å². The number of ether oxygens (including phenoxy) is 1. The topological polar surface area (TPSA) is 59.5 Å². The van der Waals surface area contributed by atoms with E-state index in [9.17, 15) is 21.6 Å². The van der Waals surface area contributed by atoms with Gasteiger partial charge in [-0.2, -0.15) is 0 Å². The molecule has 3 aromatic carbocycles. The van der Waals surface area contributed by atoms with Crippen LogP contribution in [0.3, 0.4) is 0 Å². The summed E-state index contributed by atoms with van der Waals surface area (Å²) in [6.45, 7) is 2.29. The lowest BCUT2D eigenvalue weighted by Gasteiger charge is -2.24. The lowest BCUT2D eigenvalue weighted by molar-refractivity contribution is -0.274. The number of pyridine rings is 1. The molecule has 0 amide bonds. The van der Waals surface area contributed by atoms with Gasteiger partial charge in [-0.15, -0.1) is 13.2 Å². The van der Waals surface area contributed by atoms with Crippen LogP contribution in [0.2, 0.25) is 0 Å². The Hall–Kier alpha value is -3.59. The third kappa shape index (κ3) is 5.40. The van der Waals surface area contributed by atoms with Crippen LogP contribution in [-0.2, 0) is 22.8 Å². The Kier molecular flexibility index (Phi) is 6.71. The van der Waals surface area contributed by atoms with Gasteiger partial charge in [0.15, 0.2) is 0 Å². The highest BCUT2D eigenvalue weighted by Crippen LogP contribution is 2.38. The van der Waals surface area contributed by atoms with E-state index in [1.54, 1.807) is 24.1 Å². The number of aromatic nitrogens is 1. The van der Waals surface area contributed by atoms with E-state index in [2.05, 4.69) is 9.72 Å². The maximum atomic E-state index is 13.7. The minimum Gasteiger partial charge on any atom is -0.406 e. The van der Waals surface area contributed by atoms with E-state index in [0.29, 0.717) is 12.1 Å². The van der Waals surface area contributed by atoms with Gasteiger partial charge in [0.05, 0.1) is 16.1 Å². The van der Waals surface area contributed by atoms with E-state index < -0.39 is 21.9 Å². The lowest BCUT2D eigenvalue weighted by atomic mass is 10.1. The molecule has 182 valence electrons. The molecule has 0 saturated heterocycles. The molecule has 9 heteroatoms. The highest BCUT2D eigenvalue weighted by atomic mass is 32.2. The van der Waals surface area contributed by atoms with Gasteiger partial charge in [0.25, 0.3) is 0 Å². The Morgan fingerprint density at radius 2 is 1.63 bits per heavy atom. The van der Waals surface area contributed by atoms with Crippen molar-refractivity contribution in [3.63, 3.8) is 0 Å². The molecule has 5 nitrogen and oxygen atoms in total. The third-order valence-electron chi connectivity index (χ3n) is 5.59. The van der Waals surface area contributed by atoms with E-state index in [0.717, 1.165) is 23.6 Å². The quantitative estimate of drug-likeness (QED) is 0.304. The molecular weight excluding hydrogens is 477 g/mol. The van der Waals surface area contributed by atoms with Crippen LogP contribution in [0.25, 0.3) is 10.9 Å². The zero-order valence-corrected chi connectivity index (χ0v) is 19.9. The molecule has 0 radical (unpaired) electrons. The van der Waals surface area contributed by atoms with Gasteiger partial charge in [0.2, 0.25) is 9.84 Å². The molecule has 1 heterocycles. The maximum Gasteiger partial charge on any atom is 0.573 e. The van der Waals surface area contributed by atoms with Crippen molar-refractivity contribution in [2.45, 2.75) is 36.0 Å². The van der Waals surface area contributed by atoms with E-state index in [-0.39, 0.29) is 20.9 Å². The van der Waals surface area contributed by atoms with Crippen LogP contribution in [0.15, 0.2) is 88.8 Å². The normalized spacial score (nSPS) is 12.0. The van der Waals surface area contributed by atoms with Gasteiger partial charge in [-0.1, -0.05) is 49.4 Å². The predicted molar refractivity (Wildman–Crippen MR) is 128 cm³/mol. The molecule has 0 aliphatic heterocycles. The fourth-order valence-corrected chi connectivity index (χ4v) is 5.35. The standard InChI is InChI=1S/C26H23F3N2O3S/c1-3-18-9-12-21(13-10-18)35(32,33)24-16-30-23-14-11-20(34-26(27,28)29)15-22(23)25(24)31(2)17-19-7-5-4-6-8-19/h4-16H,3,17H2,1-2H3. The first-order valence-corrected chi connectivity index (χ1v) is 12.3. The molecule has 0 fully saturated rings. The van der Waals surface area contributed by atoms with Crippen LogP contribution in [-0.4, -0.2) is 26.8 Å². The maximum absolute atomic E-state index is 13.7. The molecule has 4 aromatic rings. The molecule has 0 N–H and O–H groups in total. The number of hydrogen-bond acceptors (Lipinski definition) is 5. The summed E-state index contributed by atoms with van der Waals surface area (Å²) in [4.78, 5) is 5.93. The summed E-state index contributed by atoms with van der Waals surface area (Å²) in [5.41, 5.74) is 2.47. The van der Waals surface area contributed by atoms with Crippen molar-refractivity contribution in [2.75, 3.05) is 11.9 Å². The van der Waals surface area contributed by atoms with Gasteiger partial charge in [-0.3, -0.25) is 4.98 Å². The Bertz CT molecular complexity index is 1440.